The van der Waals surface area contributed by atoms with Crippen LogP contribution in [0.25, 0.3) is 5.69 Å². The van der Waals surface area contributed by atoms with Gasteiger partial charge >= 0.3 is 0 Å². The summed E-state index contributed by atoms with van der Waals surface area (Å²) in [7, 11) is 0. The Kier molecular flexibility index (Phi) is 4.45. The fourth-order valence-corrected chi connectivity index (χ4v) is 2.68. The minimum atomic E-state index is 0.00243. The molecule has 0 saturated carbocycles. The second-order valence-corrected chi connectivity index (χ2v) is 5.87. The maximum Gasteiger partial charge on any atom is 0.228 e. The van der Waals surface area contributed by atoms with E-state index in [1.807, 2.05) is 25.1 Å². The summed E-state index contributed by atoms with van der Waals surface area (Å²) in [5, 5.41) is 8.10. The van der Waals surface area contributed by atoms with Crippen molar-refractivity contribution in [3.63, 3.8) is 0 Å². The molecule has 1 amide bonds. The number of nitrogens with zero attached hydrogens (tertiary/aromatic N) is 2. The zero-order valence-electron chi connectivity index (χ0n) is 12.4. The van der Waals surface area contributed by atoms with E-state index in [2.05, 4.69) is 10.4 Å². The molecule has 5 nitrogen and oxygen atoms in total. The van der Waals surface area contributed by atoms with Gasteiger partial charge in [0.2, 0.25) is 5.91 Å². The van der Waals surface area contributed by atoms with Gasteiger partial charge in [-0.15, -0.1) is 0 Å². The molecule has 6 heteroatoms. The van der Waals surface area contributed by atoms with Gasteiger partial charge < -0.3 is 10.1 Å². The van der Waals surface area contributed by atoms with Crippen LogP contribution < -0.4 is 5.32 Å². The predicted octanol–water partition coefficient (Wildman–Crippen LogP) is 3.20. The second kappa shape index (κ2) is 6.50. The van der Waals surface area contributed by atoms with Crippen LogP contribution in [0.3, 0.4) is 0 Å². The Morgan fingerprint density at radius 3 is 2.68 bits per heavy atom. The van der Waals surface area contributed by atoms with Crippen LogP contribution in [0.15, 0.2) is 30.3 Å². The number of anilines is 1. The van der Waals surface area contributed by atoms with Crippen molar-refractivity contribution >= 4 is 23.3 Å². The molecule has 1 aromatic heterocycles. The molecule has 0 atom stereocenters. The molecule has 0 spiro atoms. The summed E-state index contributed by atoms with van der Waals surface area (Å²) in [5.41, 5.74) is 1.71. The third-order valence-corrected chi connectivity index (χ3v) is 4.00. The number of rotatable bonds is 3. The van der Waals surface area contributed by atoms with Gasteiger partial charge in [-0.3, -0.25) is 4.79 Å². The summed E-state index contributed by atoms with van der Waals surface area (Å²) < 4.78 is 7.02. The Bertz CT molecular complexity index is 661. The fourth-order valence-electron chi connectivity index (χ4n) is 2.56. The monoisotopic (exact) mass is 319 g/mol. The zero-order valence-corrected chi connectivity index (χ0v) is 13.1. The van der Waals surface area contributed by atoms with Crippen LogP contribution >= 0.6 is 11.6 Å². The first-order chi connectivity index (χ1) is 10.6. The summed E-state index contributed by atoms with van der Waals surface area (Å²) in [4.78, 5) is 12.4. The summed E-state index contributed by atoms with van der Waals surface area (Å²) in [5.74, 6) is 0.706. The van der Waals surface area contributed by atoms with E-state index in [-0.39, 0.29) is 11.8 Å². The van der Waals surface area contributed by atoms with Crippen LogP contribution in [-0.2, 0) is 9.53 Å². The number of carbonyl (C=O) groups excluding carboxylic acids is 1. The largest absolute Gasteiger partial charge is 0.381 e. The van der Waals surface area contributed by atoms with Crippen LogP contribution in [0.2, 0.25) is 5.02 Å². The molecule has 1 saturated heterocycles. The Balaban J connectivity index is 1.81. The molecule has 1 fully saturated rings. The summed E-state index contributed by atoms with van der Waals surface area (Å²) in [6.45, 7) is 3.19. The average molecular weight is 320 g/mol. The first kappa shape index (κ1) is 15.1. The van der Waals surface area contributed by atoms with Gasteiger partial charge in [0.15, 0.2) is 0 Å². The second-order valence-electron chi connectivity index (χ2n) is 5.44. The number of halogens is 1. The highest BCUT2D eigenvalue weighted by atomic mass is 35.5. The molecule has 0 bridgehead atoms. The Morgan fingerprint density at radius 1 is 1.32 bits per heavy atom. The summed E-state index contributed by atoms with van der Waals surface area (Å²) in [6.07, 6.45) is 1.53. The molecule has 1 aromatic carbocycles. The molecule has 2 aromatic rings. The van der Waals surface area contributed by atoms with E-state index < -0.39 is 0 Å². The highest BCUT2D eigenvalue weighted by Crippen LogP contribution is 2.22. The van der Waals surface area contributed by atoms with Crippen molar-refractivity contribution in [1.29, 1.82) is 0 Å². The minimum absolute atomic E-state index is 0.00243. The number of aromatic nitrogens is 2. The normalized spacial score (nSPS) is 15.7. The van der Waals surface area contributed by atoms with Crippen molar-refractivity contribution in [2.24, 2.45) is 5.92 Å². The lowest BCUT2D eigenvalue weighted by Crippen LogP contribution is -2.29. The van der Waals surface area contributed by atoms with Gasteiger partial charge in [-0.05, 0) is 44.0 Å². The van der Waals surface area contributed by atoms with Gasteiger partial charge in [-0.2, -0.15) is 5.10 Å². The maximum absolute atomic E-state index is 12.4. The molecule has 0 radical (unpaired) electrons. The number of carbonyl (C=O) groups is 1. The van der Waals surface area contributed by atoms with Gasteiger partial charge in [0.1, 0.15) is 5.82 Å². The van der Waals surface area contributed by atoms with Gasteiger partial charge in [-0.1, -0.05) is 11.6 Å². The quantitative estimate of drug-likeness (QED) is 0.945. The lowest BCUT2D eigenvalue weighted by atomic mass is 9.99. The summed E-state index contributed by atoms with van der Waals surface area (Å²) >= 11 is 5.92. The van der Waals surface area contributed by atoms with Crippen molar-refractivity contribution in [1.82, 2.24) is 9.78 Å². The smallest absolute Gasteiger partial charge is 0.228 e. The van der Waals surface area contributed by atoms with Gasteiger partial charge in [0.05, 0.1) is 11.4 Å². The van der Waals surface area contributed by atoms with E-state index in [0.717, 1.165) is 24.2 Å². The number of hydrogen-bond donors (Lipinski definition) is 1. The summed E-state index contributed by atoms with van der Waals surface area (Å²) in [6, 6.07) is 9.22. The molecule has 1 aliphatic heterocycles. The number of nitrogens with one attached hydrogen (secondary N) is 1. The SMILES string of the molecule is Cc1cc(NC(=O)C2CCOCC2)n(-c2ccc(Cl)cc2)n1. The predicted molar refractivity (Wildman–Crippen MR) is 85.5 cm³/mol. The van der Waals surface area contributed by atoms with Crippen molar-refractivity contribution in [2.45, 2.75) is 19.8 Å². The molecule has 1 aliphatic rings. The highest BCUT2D eigenvalue weighted by Gasteiger charge is 2.23. The van der Waals surface area contributed by atoms with Gasteiger partial charge in [0.25, 0.3) is 0 Å². The molecule has 116 valence electrons. The first-order valence-corrected chi connectivity index (χ1v) is 7.72. The number of ether oxygens (including phenoxy) is 1. The van der Waals surface area contributed by atoms with Crippen molar-refractivity contribution in [3.8, 4) is 5.69 Å². The molecular formula is C16H18ClN3O2. The lowest BCUT2D eigenvalue weighted by molar-refractivity contribution is -0.122. The molecule has 2 heterocycles. The molecule has 3 rings (SSSR count). The van der Waals surface area contributed by atoms with Crippen LogP contribution in [0, 0.1) is 12.8 Å². The standard InChI is InChI=1S/C16H18ClN3O2/c1-11-10-15(18-16(21)12-6-8-22-9-7-12)20(19-11)14-4-2-13(17)3-5-14/h2-5,10,12H,6-9H2,1H3,(H,18,21). The zero-order chi connectivity index (χ0) is 15.5. The van der Waals surface area contributed by atoms with Crippen LogP contribution in [-0.4, -0.2) is 28.9 Å². The first-order valence-electron chi connectivity index (χ1n) is 7.35. The van der Waals surface area contributed by atoms with E-state index in [0.29, 0.717) is 24.1 Å². The Hall–Kier alpha value is -1.85. The Morgan fingerprint density at radius 2 is 2.00 bits per heavy atom. The van der Waals surface area contributed by atoms with Crippen LogP contribution in [0.1, 0.15) is 18.5 Å². The molecule has 1 N–H and O–H groups in total. The molecule has 0 aliphatic carbocycles. The van der Waals surface area contributed by atoms with E-state index >= 15 is 0 Å². The van der Waals surface area contributed by atoms with Crippen molar-refractivity contribution in [2.75, 3.05) is 18.5 Å². The van der Waals surface area contributed by atoms with Crippen molar-refractivity contribution < 1.29 is 9.53 Å². The third-order valence-electron chi connectivity index (χ3n) is 3.75. The molecule has 0 unspecified atom stereocenters. The van der Waals surface area contributed by atoms with Crippen LogP contribution in [0.4, 0.5) is 5.82 Å². The third kappa shape index (κ3) is 3.31. The highest BCUT2D eigenvalue weighted by molar-refractivity contribution is 6.30. The van der Waals surface area contributed by atoms with E-state index in [4.69, 9.17) is 16.3 Å². The maximum atomic E-state index is 12.4. The Labute approximate surface area is 134 Å². The fraction of sp³-hybridized carbons (Fsp3) is 0.375. The lowest BCUT2D eigenvalue weighted by Gasteiger charge is -2.21. The molecule has 22 heavy (non-hydrogen) atoms. The van der Waals surface area contributed by atoms with Crippen molar-refractivity contribution in [3.05, 3.63) is 41.0 Å². The van der Waals surface area contributed by atoms with E-state index in [9.17, 15) is 4.79 Å². The molecular weight excluding hydrogens is 302 g/mol. The topological polar surface area (TPSA) is 56.1 Å². The number of amides is 1. The number of hydrogen-bond acceptors (Lipinski definition) is 3. The van der Waals surface area contributed by atoms with E-state index in [1.165, 1.54) is 0 Å². The number of aryl methyl sites for hydroxylation is 1. The average Bonchev–Trinajstić information content (AvgIpc) is 2.89. The minimum Gasteiger partial charge on any atom is -0.381 e. The number of benzene rings is 1. The van der Waals surface area contributed by atoms with E-state index in [1.54, 1.807) is 16.8 Å². The van der Waals surface area contributed by atoms with Gasteiger partial charge in [0, 0.05) is 30.2 Å². The van der Waals surface area contributed by atoms with Crippen LogP contribution in [0.5, 0.6) is 0 Å². The van der Waals surface area contributed by atoms with Gasteiger partial charge in [-0.25, -0.2) is 4.68 Å².